The maximum atomic E-state index is 13.2. The Kier molecular flexibility index (Phi) is 6.30. The van der Waals surface area contributed by atoms with Crippen molar-refractivity contribution in [3.05, 3.63) is 91.8 Å². The second-order valence-corrected chi connectivity index (χ2v) is 7.47. The number of benzene rings is 2. The van der Waals surface area contributed by atoms with Crippen LogP contribution in [0.2, 0.25) is 0 Å². The van der Waals surface area contributed by atoms with Gasteiger partial charge in [0.15, 0.2) is 0 Å². The number of nitrogens with one attached hydrogen (secondary N) is 1. The lowest BCUT2D eigenvalue weighted by Gasteiger charge is -2.15. The van der Waals surface area contributed by atoms with Crippen LogP contribution >= 0.6 is 0 Å². The van der Waals surface area contributed by atoms with Crippen LogP contribution < -0.4 is 16.6 Å². The third kappa shape index (κ3) is 4.40. The van der Waals surface area contributed by atoms with Crippen LogP contribution in [-0.4, -0.2) is 26.3 Å². The van der Waals surface area contributed by atoms with Gasteiger partial charge in [0.05, 0.1) is 12.2 Å². The van der Waals surface area contributed by atoms with Crippen molar-refractivity contribution < 1.29 is 4.79 Å². The smallest absolute Gasteiger partial charge is 0.348 e. The highest BCUT2D eigenvalue weighted by Gasteiger charge is 2.21. The minimum absolute atomic E-state index is 0.0511. The SMILES string of the molecule is CC[C@H](C)NC(=O)c1nn(-c2ccc(C)c(C)c2)c(=O)n(Cc2ccccc2)c1=O. The van der Waals surface area contributed by atoms with Gasteiger partial charge in [-0.25, -0.2) is 4.79 Å². The normalized spacial score (nSPS) is 11.9. The number of aryl methyl sites for hydroxylation is 2. The first-order valence-electron chi connectivity index (χ1n) is 9.98. The van der Waals surface area contributed by atoms with Crippen molar-refractivity contribution in [2.24, 2.45) is 0 Å². The van der Waals surface area contributed by atoms with E-state index in [1.165, 1.54) is 0 Å². The summed E-state index contributed by atoms with van der Waals surface area (Å²) in [5, 5.41) is 6.93. The van der Waals surface area contributed by atoms with Crippen molar-refractivity contribution in [1.29, 1.82) is 0 Å². The molecule has 1 atom stereocenters. The molecule has 0 saturated heterocycles. The monoisotopic (exact) mass is 406 g/mol. The fourth-order valence-corrected chi connectivity index (χ4v) is 2.98. The Morgan fingerprint density at radius 3 is 2.40 bits per heavy atom. The maximum absolute atomic E-state index is 13.2. The Labute approximate surface area is 175 Å². The van der Waals surface area contributed by atoms with Crippen molar-refractivity contribution in [2.45, 2.75) is 46.7 Å². The van der Waals surface area contributed by atoms with Gasteiger partial charge >= 0.3 is 5.69 Å². The molecule has 156 valence electrons. The van der Waals surface area contributed by atoms with Gasteiger partial charge in [-0.1, -0.05) is 43.3 Å². The van der Waals surface area contributed by atoms with E-state index in [2.05, 4.69) is 10.4 Å². The quantitative estimate of drug-likeness (QED) is 0.682. The first-order valence-corrected chi connectivity index (χ1v) is 9.98. The molecule has 0 radical (unpaired) electrons. The summed E-state index contributed by atoms with van der Waals surface area (Å²) in [6, 6.07) is 14.5. The molecule has 1 amide bonds. The largest absolute Gasteiger partial charge is 0.352 e. The van der Waals surface area contributed by atoms with E-state index in [4.69, 9.17) is 0 Å². The highest BCUT2D eigenvalue weighted by molar-refractivity contribution is 5.91. The van der Waals surface area contributed by atoms with Gasteiger partial charge in [0, 0.05) is 6.04 Å². The molecule has 1 N–H and O–H groups in total. The molecular weight excluding hydrogens is 380 g/mol. The fraction of sp³-hybridized carbons (Fsp3) is 0.304. The summed E-state index contributed by atoms with van der Waals surface area (Å²) in [6.45, 7) is 7.73. The predicted octanol–water partition coefficient (Wildman–Crippen LogP) is 2.59. The molecule has 7 heteroatoms. The van der Waals surface area contributed by atoms with Gasteiger partial charge in [0.25, 0.3) is 11.5 Å². The molecule has 0 fully saturated rings. The number of rotatable bonds is 6. The van der Waals surface area contributed by atoms with E-state index in [1.54, 1.807) is 6.07 Å². The minimum Gasteiger partial charge on any atom is -0.348 e. The van der Waals surface area contributed by atoms with Gasteiger partial charge < -0.3 is 5.32 Å². The molecule has 1 heterocycles. The van der Waals surface area contributed by atoms with Gasteiger partial charge in [-0.2, -0.15) is 9.78 Å². The number of nitrogens with zero attached hydrogens (tertiary/aromatic N) is 3. The second-order valence-electron chi connectivity index (χ2n) is 7.47. The second kappa shape index (κ2) is 8.90. The molecule has 1 aromatic heterocycles. The molecule has 0 aliphatic carbocycles. The molecule has 0 aliphatic heterocycles. The van der Waals surface area contributed by atoms with Crippen LogP contribution in [0.4, 0.5) is 0 Å². The van der Waals surface area contributed by atoms with Gasteiger partial charge in [-0.15, -0.1) is 0 Å². The summed E-state index contributed by atoms with van der Waals surface area (Å²) in [4.78, 5) is 39.0. The summed E-state index contributed by atoms with van der Waals surface area (Å²) in [5.41, 5.74) is 1.73. The van der Waals surface area contributed by atoms with E-state index in [-0.39, 0.29) is 18.3 Å². The molecular formula is C23H26N4O3. The van der Waals surface area contributed by atoms with Crippen molar-refractivity contribution in [3.63, 3.8) is 0 Å². The van der Waals surface area contributed by atoms with E-state index in [0.717, 1.165) is 25.9 Å². The summed E-state index contributed by atoms with van der Waals surface area (Å²) in [5.74, 6) is -0.589. The summed E-state index contributed by atoms with van der Waals surface area (Å²) in [7, 11) is 0. The molecule has 3 aromatic rings. The molecule has 7 nitrogen and oxygen atoms in total. The number of amides is 1. The molecule has 30 heavy (non-hydrogen) atoms. The Hall–Kier alpha value is -3.48. The van der Waals surface area contributed by atoms with Gasteiger partial charge in [0.1, 0.15) is 0 Å². The third-order valence-electron chi connectivity index (χ3n) is 5.18. The zero-order valence-electron chi connectivity index (χ0n) is 17.7. The Morgan fingerprint density at radius 2 is 1.77 bits per heavy atom. The Morgan fingerprint density at radius 1 is 1.07 bits per heavy atom. The fourth-order valence-electron chi connectivity index (χ4n) is 2.98. The standard InChI is InChI=1S/C23H26N4O3/c1-5-17(4)24-21(28)20-22(29)26(14-18-9-7-6-8-10-18)23(30)27(25-20)19-12-11-15(2)16(3)13-19/h6-13,17H,5,14H2,1-4H3,(H,24,28)/t17-/m0/s1. The van der Waals surface area contributed by atoms with Crippen LogP contribution in [0, 0.1) is 13.8 Å². The highest BCUT2D eigenvalue weighted by Crippen LogP contribution is 2.12. The summed E-state index contributed by atoms with van der Waals surface area (Å²) >= 11 is 0. The summed E-state index contributed by atoms with van der Waals surface area (Å²) in [6.07, 6.45) is 0.709. The third-order valence-corrected chi connectivity index (χ3v) is 5.18. The molecule has 3 rings (SSSR count). The van der Waals surface area contributed by atoms with E-state index in [1.807, 2.05) is 70.2 Å². The van der Waals surface area contributed by atoms with Crippen LogP contribution in [0.3, 0.4) is 0 Å². The Bertz CT molecular complexity index is 1180. The number of aromatic nitrogens is 3. The number of carbonyl (C=O) groups is 1. The number of hydrogen-bond acceptors (Lipinski definition) is 4. The van der Waals surface area contributed by atoms with Crippen LogP contribution in [0.15, 0.2) is 58.1 Å². The van der Waals surface area contributed by atoms with Crippen molar-refractivity contribution in [2.75, 3.05) is 0 Å². The van der Waals surface area contributed by atoms with Crippen molar-refractivity contribution >= 4 is 5.91 Å². The van der Waals surface area contributed by atoms with Crippen LogP contribution in [0.1, 0.15) is 47.4 Å². The van der Waals surface area contributed by atoms with Crippen molar-refractivity contribution in [1.82, 2.24) is 19.7 Å². The van der Waals surface area contributed by atoms with Gasteiger partial charge in [-0.3, -0.25) is 14.2 Å². The zero-order chi connectivity index (χ0) is 21.8. The average Bonchev–Trinajstić information content (AvgIpc) is 2.74. The number of hydrogen-bond donors (Lipinski definition) is 1. The predicted molar refractivity (Wildman–Crippen MR) is 116 cm³/mol. The lowest BCUT2D eigenvalue weighted by molar-refractivity contribution is 0.0929. The maximum Gasteiger partial charge on any atom is 0.352 e. The van der Waals surface area contributed by atoms with Crippen molar-refractivity contribution in [3.8, 4) is 5.69 Å². The Balaban J connectivity index is 2.21. The van der Waals surface area contributed by atoms with Crippen LogP contribution in [-0.2, 0) is 6.54 Å². The molecule has 0 spiro atoms. The van der Waals surface area contributed by atoms with E-state index in [0.29, 0.717) is 12.1 Å². The van der Waals surface area contributed by atoms with E-state index >= 15 is 0 Å². The zero-order valence-corrected chi connectivity index (χ0v) is 17.7. The molecule has 0 unspecified atom stereocenters. The first-order chi connectivity index (χ1) is 14.3. The van der Waals surface area contributed by atoms with Gasteiger partial charge in [0.2, 0.25) is 5.69 Å². The summed E-state index contributed by atoms with van der Waals surface area (Å²) < 4.78 is 2.19. The molecule has 0 aliphatic rings. The lowest BCUT2D eigenvalue weighted by Crippen LogP contribution is -2.47. The first kappa shape index (κ1) is 21.2. The topological polar surface area (TPSA) is 86.0 Å². The van der Waals surface area contributed by atoms with E-state index < -0.39 is 17.2 Å². The molecule has 0 bridgehead atoms. The van der Waals surface area contributed by atoms with E-state index in [9.17, 15) is 14.4 Å². The van der Waals surface area contributed by atoms with Crippen LogP contribution in [0.5, 0.6) is 0 Å². The number of carbonyl (C=O) groups excluding carboxylic acids is 1. The minimum atomic E-state index is -0.704. The average molecular weight is 406 g/mol. The van der Waals surface area contributed by atoms with Gasteiger partial charge in [-0.05, 0) is 56.0 Å². The van der Waals surface area contributed by atoms with Crippen LogP contribution in [0.25, 0.3) is 5.69 Å². The molecule has 2 aromatic carbocycles. The molecule has 0 saturated carbocycles. The highest BCUT2D eigenvalue weighted by atomic mass is 16.2. The lowest BCUT2D eigenvalue weighted by atomic mass is 10.1.